The Labute approximate surface area is 155 Å². The number of amides is 2. The molecule has 3 aromatic rings. The van der Waals surface area contributed by atoms with Gasteiger partial charge in [0.1, 0.15) is 5.01 Å². The molecule has 1 aliphatic carbocycles. The largest absolute Gasteiger partial charge is 0.334 e. The van der Waals surface area contributed by atoms with E-state index < -0.39 is 0 Å². The van der Waals surface area contributed by atoms with Gasteiger partial charge in [0.25, 0.3) is 5.89 Å². The molecule has 0 bridgehead atoms. The van der Waals surface area contributed by atoms with Crippen LogP contribution in [0, 0.1) is 0 Å². The number of hydrogen-bond acceptors (Lipinski definition) is 6. The quantitative estimate of drug-likeness (QED) is 0.711. The summed E-state index contributed by atoms with van der Waals surface area (Å²) in [6.45, 7) is 2.49. The fourth-order valence-electron chi connectivity index (χ4n) is 2.70. The van der Waals surface area contributed by atoms with Gasteiger partial charge in [0.15, 0.2) is 5.82 Å². The van der Waals surface area contributed by atoms with Crippen molar-refractivity contribution in [3.05, 3.63) is 46.7 Å². The summed E-state index contributed by atoms with van der Waals surface area (Å²) in [6.07, 6.45) is 4.52. The Balaban J connectivity index is 1.55. The maximum absolute atomic E-state index is 12.9. The number of thiazole rings is 1. The van der Waals surface area contributed by atoms with Gasteiger partial charge in [-0.3, -0.25) is 0 Å². The van der Waals surface area contributed by atoms with Gasteiger partial charge in [-0.05, 0) is 25.0 Å². The van der Waals surface area contributed by atoms with Crippen LogP contribution >= 0.6 is 11.3 Å². The van der Waals surface area contributed by atoms with Crippen molar-refractivity contribution in [3.63, 3.8) is 0 Å². The number of hydrogen-bond donors (Lipinski definition) is 1. The first-order valence-corrected chi connectivity index (χ1v) is 9.50. The van der Waals surface area contributed by atoms with Gasteiger partial charge in [0.05, 0.1) is 17.8 Å². The molecule has 26 heavy (non-hydrogen) atoms. The number of nitrogens with one attached hydrogen (secondary N) is 1. The first-order chi connectivity index (χ1) is 12.7. The minimum Gasteiger partial charge on any atom is -0.334 e. The summed E-state index contributed by atoms with van der Waals surface area (Å²) in [5, 5.41) is 9.80. The standard InChI is InChI=1S/C18H19N5O2S/c1-2-15-21-17(25-22-15)13-5-3-4-6-14(13)20-18(24)23(12-7-8-12)11-16-19-9-10-26-16/h3-6,9-10,12H,2,7-8,11H2,1H3,(H,20,24). The Morgan fingerprint density at radius 1 is 1.38 bits per heavy atom. The Morgan fingerprint density at radius 3 is 2.92 bits per heavy atom. The van der Waals surface area contributed by atoms with E-state index in [0.29, 0.717) is 30.4 Å². The van der Waals surface area contributed by atoms with E-state index in [1.54, 1.807) is 17.5 Å². The number of aryl methyl sites for hydroxylation is 1. The molecule has 0 atom stereocenters. The Hall–Kier alpha value is -2.74. The first kappa shape index (κ1) is 16.7. The predicted molar refractivity (Wildman–Crippen MR) is 98.8 cm³/mol. The number of benzene rings is 1. The van der Waals surface area contributed by atoms with Crippen LogP contribution in [0.25, 0.3) is 11.5 Å². The third-order valence-electron chi connectivity index (χ3n) is 4.22. The number of rotatable bonds is 6. The van der Waals surface area contributed by atoms with Gasteiger partial charge in [-0.25, -0.2) is 9.78 Å². The van der Waals surface area contributed by atoms with E-state index in [2.05, 4.69) is 20.4 Å². The minimum absolute atomic E-state index is 0.134. The molecule has 0 aliphatic heterocycles. The van der Waals surface area contributed by atoms with Crippen LogP contribution in [0.2, 0.25) is 0 Å². The number of aromatic nitrogens is 3. The molecule has 1 fully saturated rings. The van der Waals surface area contributed by atoms with E-state index in [1.807, 2.05) is 41.5 Å². The Kier molecular flexibility index (Phi) is 4.66. The maximum Gasteiger partial charge on any atom is 0.322 e. The average molecular weight is 369 g/mol. The minimum atomic E-state index is -0.134. The summed E-state index contributed by atoms with van der Waals surface area (Å²) in [5.41, 5.74) is 1.38. The molecule has 0 saturated heterocycles. The number of carbonyl (C=O) groups is 1. The number of urea groups is 1. The van der Waals surface area contributed by atoms with E-state index >= 15 is 0 Å². The summed E-state index contributed by atoms with van der Waals surface area (Å²) in [7, 11) is 0. The van der Waals surface area contributed by atoms with Crippen LogP contribution < -0.4 is 5.32 Å². The van der Waals surface area contributed by atoms with Crippen LogP contribution in [0.15, 0.2) is 40.4 Å². The highest BCUT2D eigenvalue weighted by atomic mass is 32.1. The molecule has 1 aromatic carbocycles. The zero-order valence-corrected chi connectivity index (χ0v) is 15.2. The van der Waals surface area contributed by atoms with Crippen LogP contribution in [0.1, 0.15) is 30.6 Å². The Bertz CT molecular complexity index is 889. The monoisotopic (exact) mass is 369 g/mol. The van der Waals surface area contributed by atoms with Crippen molar-refractivity contribution >= 4 is 23.1 Å². The van der Waals surface area contributed by atoms with Gasteiger partial charge >= 0.3 is 6.03 Å². The fourth-order valence-corrected chi connectivity index (χ4v) is 3.32. The van der Waals surface area contributed by atoms with Crippen molar-refractivity contribution in [2.24, 2.45) is 0 Å². The fraction of sp³-hybridized carbons (Fsp3) is 0.333. The van der Waals surface area contributed by atoms with Crippen LogP contribution in [0.4, 0.5) is 10.5 Å². The number of nitrogens with zero attached hydrogens (tertiary/aromatic N) is 4. The Morgan fingerprint density at radius 2 is 2.23 bits per heavy atom. The van der Waals surface area contributed by atoms with Gasteiger partial charge in [0, 0.05) is 24.0 Å². The summed E-state index contributed by atoms with van der Waals surface area (Å²) >= 11 is 1.56. The summed E-state index contributed by atoms with van der Waals surface area (Å²) in [5.74, 6) is 1.06. The highest BCUT2D eigenvalue weighted by Crippen LogP contribution is 2.31. The number of anilines is 1. The summed E-state index contributed by atoms with van der Waals surface area (Å²) < 4.78 is 5.33. The van der Waals surface area contributed by atoms with Crippen molar-refractivity contribution in [1.82, 2.24) is 20.0 Å². The van der Waals surface area contributed by atoms with Crippen LogP contribution in [0.5, 0.6) is 0 Å². The molecule has 0 unspecified atom stereocenters. The number of carbonyl (C=O) groups excluding carboxylic acids is 1. The van der Waals surface area contributed by atoms with E-state index in [9.17, 15) is 4.79 Å². The summed E-state index contributed by atoms with van der Waals surface area (Å²) in [4.78, 5) is 23.4. The lowest BCUT2D eigenvalue weighted by Crippen LogP contribution is -2.36. The van der Waals surface area contributed by atoms with E-state index in [1.165, 1.54) is 0 Å². The normalized spacial score (nSPS) is 13.6. The first-order valence-electron chi connectivity index (χ1n) is 8.62. The van der Waals surface area contributed by atoms with Gasteiger partial charge in [0.2, 0.25) is 0 Å². The third kappa shape index (κ3) is 3.60. The highest BCUT2D eigenvalue weighted by molar-refractivity contribution is 7.09. The van der Waals surface area contributed by atoms with Crippen molar-refractivity contribution in [2.45, 2.75) is 38.8 Å². The van der Waals surface area contributed by atoms with Gasteiger partial charge in [-0.1, -0.05) is 24.2 Å². The average Bonchev–Trinajstić information content (AvgIpc) is 3.17. The lowest BCUT2D eigenvalue weighted by atomic mass is 10.2. The van der Waals surface area contributed by atoms with Crippen molar-refractivity contribution < 1.29 is 9.32 Å². The zero-order valence-electron chi connectivity index (χ0n) is 14.4. The molecule has 2 amide bonds. The molecule has 4 rings (SSSR count). The van der Waals surface area contributed by atoms with Crippen LogP contribution in [0.3, 0.4) is 0 Å². The highest BCUT2D eigenvalue weighted by Gasteiger charge is 2.33. The molecule has 7 nitrogen and oxygen atoms in total. The molecule has 1 N–H and O–H groups in total. The SMILES string of the molecule is CCc1noc(-c2ccccc2NC(=O)N(Cc2nccs2)C2CC2)n1. The predicted octanol–water partition coefficient (Wildman–Crippen LogP) is 3.95. The van der Waals surface area contributed by atoms with E-state index in [-0.39, 0.29) is 12.1 Å². The molecular weight excluding hydrogens is 350 g/mol. The van der Waals surface area contributed by atoms with Crippen molar-refractivity contribution in [3.8, 4) is 11.5 Å². The van der Waals surface area contributed by atoms with Crippen molar-refractivity contribution in [2.75, 3.05) is 5.32 Å². The third-order valence-corrected chi connectivity index (χ3v) is 4.99. The topological polar surface area (TPSA) is 84.2 Å². The van der Waals surface area contributed by atoms with E-state index in [0.717, 1.165) is 23.4 Å². The van der Waals surface area contributed by atoms with Gasteiger partial charge in [-0.2, -0.15) is 4.98 Å². The number of para-hydroxylation sites is 1. The second-order valence-corrected chi connectivity index (χ2v) is 7.11. The van der Waals surface area contributed by atoms with Crippen LogP contribution in [-0.4, -0.2) is 32.1 Å². The lowest BCUT2D eigenvalue weighted by Gasteiger charge is -2.22. The molecular formula is C18H19N5O2S. The molecule has 2 heterocycles. The van der Waals surface area contributed by atoms with Gasteiger partial charge < -0.3 is 14.7 Å². The smallest absolute Gasteiger partial charge is 0.322 e. The maximum atomic E-state index is 12.9. The zero-order chi connectivity index (χ0) is 17.9. The van der Waals surface area contributed by atoms with Crippen LogP contribution in [-0.2, 0) is 13.0 Å². The van der Waals surface area contributed by atoms with E-state index in [4.69, 9.17) is 4.52 Å². The summed E-state index contributed by atoms with van der Waals surface area (Å²) in [6, 6.07) is 7.61. The molecule has 134 valence electrons. The molecule has 0 spiro atoms. The second kappa shape index (κ2) is 7.25. The van der Waals surface area contributed by atoms with Crippen molar-refractivity contribution in [1.29, 1.82) is 0 Å². The molecule has 1 aliphatic rings. The second-order valence-electron chi connectivity index (χ2n) is 6.13. The van der Waals surface area contributed by atoms with Gasteiger partial charge in [-0.15, -0.1) is 11.3 Å². The molecule has 0 radical (unpaired) electrons. The molecule has 2 aromatic heterocycles. The molecule has 8 heteroatoms. The molecule has 1 saturated carbocycles. The lowest BCUT2D eigenvalue weighted by molar-refractivity contribution is 0.206.